The monoisotopic (exact) mass is 333 g/mol. The minimum Gasteiger partial charge on any atom is -0.481 e. The molecule has 1 aliphatic rings. The van der Waals surface area contributed by atoms with Gasteiger partial charge in [0.25, 0.3) is 0 Å². The van der Waals surface area contributed by atoms with E-state index in [2.05, 4.69) is 38.7 Å². The van der Waals surface area contributed by atoms with Gasteiger partial charge in [0, 0.05) is 37.1 Å². The van der Waals surface area contributed by atoms with Crippen LogP contribution in [0.15, 0.2) is 17.9 Å². The van der Waals surface area contributed by atoms with Gasteiger partial charge in [-0.25, -0.2) is 15.0 Å². The fraction of sp³-hybridized carbons (Fsp3) is 0.562. The van der Waals surface area contributed by atoms with Gasteiger partial charge < -0.3 is 9.64 Å². The third-order valence-electron chi connectivity index (χ3n) is 4.44. The van der Waals surface area contributed by atoms with Crippen molar-refractivity contribution in [2.45, 2.75) is 32.4 Å². The third-order valence-corrected chi connectivity index (χ3v) is 5.36. The number of piperidine rings is 1. The fourth-order valence-corrected chi connectivity index (χ4v) is 3.81. The molecule has 23 heavy (non-hydrogen) atoms. The Morgan fingerprint density at radius 1 is 1.39 bits per heavy atom. The van der Waals surface area contributed by atoms with Crippen molar-refractivity contribution < 1.29 is 4.74 Å². The standard InChI is InChI=1S/C16H23N5OS/c1-12-14(23-11-19-12)9-21-6-4-5-13(8-21)20(2)15-7-16(22-3)18-10-17-15/h7,10-11,13H,4-6,8-9H2,1-3H3. The second-order valence-electron chi connectivity index (χ2n) is 5.92. The molecule has 3 rings (SSSR count). The number of hydrogen-bond donors (Lipinski definition) is 0. The number of rotatable bonds is 5. The van der Waals surface area contributed by atoms with Crippen LogP contribution in [-0.2, 0) is 6.54 Å². The Labute approximate surface area is 141 Å². The summed E-state index contributed by atoms with van der Waals surface area (Å²) in [5.41, 5.74) is 3.09. The van der Waals surface area contributed by atoms with Crippen molar-refractivity contribution in [3.8, 4) is 5.88 Å². The zero-order valence-corrected chi connectivity index (χ0v) is 14.7. The lowest BCUT2D eigenvalue weighted by Gasteiger charge is -2.38. The molecule has 3 heterocycles. The van der Waals surface area contributed by atoms with Crippen molar-refractivity contribution >= 4 is 17.2 Å². The quantitative estimate of drug-likeness (QED) is 0.837. The number of likely N-dealkylation sites (tertiary alicyclic amines) is 1. The molecule has 1 unspecified atom stereocenters. The Kier molecular flexibility index (Phi) is 5.07. The maximum atomic E-state index is 5.20. The van der Waals surface area contributed by atoms with E-state index in [1.807, 2.05) is 11.6 Å². The molecule has 1 aliphatic heterocycles. The molecule has 2 aromatic heterocycles. The van der Waals surface area contributed by atoms with Gasteiger partial charge in [-0.05, 0) is 26.3 Å². The Morgan fingerprint density at radius 2 is 2.26 bits per heavy atom. The molecule has 0 spiro atoms. The summed E-state index contributed by atoms with van der Waals surface area (Å²) in [6.07, 6.45) is 3.95. The maximum absolute atomic E-state index is 5.20. The summed E-state index contributed by atoms with van der Waals surface area (Å²) < 4.78 is 5.20. The van der Waals surface area contributed by atoms with E-state index in [9.17, 15) is 0 Å². The summed E-state index contributed by atoms with van der Waals surface area (Å²) in [6.45, 7) is 5.27. The van der Waals surface area contributed by atoms with Crippen LogP contribution in [0.2, 0.25) is 0 Å². The highest BCUT2D eigenvalue weighted by Crippen LogP contribution is 2.24. The Bertz CT molecular complexity index is 647. The number of ether oxygens (including phenoxy) is 1. The smallest absolute Gasteiger partial charge is 0.218 e. The summed E-state index contributed by atoms with van der Waals surface area (Å²) in [5, 5.41) is 0. The number of likely N-dealkylation sites (N-methyl/N-ethyl adjacent to an activating group) is 1. The van der Waals surface area contributed by atoms with E-state index < -0.39 is 0 Å². The Morgan fingerprint density at radius 3 is 3.00 bits per heavy atom. The predicted molar refractivity (Wildman–Crippen MR) is 92.1 cm³/mol. The van der Waals surface area contributed by atoms with Crippen molar-refractivity contribution in [3.05, 3.63) is 28.5 Å². The van der Waals surface area contributed by atoms with Crippen molar-refractivity contribution in [1.82, 2.24) is 19.9 Å². The highest BCUT2D eigenvalue weighted by atomic mass is 32.1. The van der Waals surface area contributed by atoms with Gasteiger partial charge in [0.2, 0.25) is 5.88 Å². The molecule has 7 heteroatoms. The molecule has 2 aromatic rings. The first-order chi connectivity index (χ1) is 11.2. The average molecular weight is 333 g/mol. The van der Waals surface area contributed by atoms with Crippen molar-refractivity contribution in [2.75, 3.05) is 32.1 Å². The van der Waals surface area contributed by atoms with Crippen LogP contribution in [0.5, 0.6) is 5.88 Å². The number of hydrogen-bond acceptors (Lipinski definition) is 7. The van der Waals surface area contributed by atoms with Gasteiger partial charge in [0.05, 0.1) is 18.3 Å². The molecule has 0 N–H and O–H groups in total. The summed E-state index contributed by atoms with van der Waals surface area (Å²) in [6, 6.07) is 2.35. The molecule has 1 saturated heterocycles. The molecule has 0 aromatic carbocycles. The number of nitrogens with zero attached hydrogens (tertiary/aromatic N) is 5. The van der Waals surface area contributed by atoms with Crippen LogP contribution in [0.4, 0.5) is 5.82 Å². The normalized spacial score (nSPS) is 18.8. The lowest BCUT2D eigenvalue weighted by molar-refractivity contribution is 0.199. The lowest BCUT2D eigenvalue weighted by Crippen LogP contribution is -2.46. The molecule has 0 amide bonds. The molecule has 0 aliphatic carbocycles. The molecule has 1 atom stereocenters. The summed E-state index contributed by atoms with van der Waals surface area (Å²) in [7, 11) is 3.74. The van der Waals surface area contributed by atoms with Gasteiger partial charge in [-0.1, -0.05) is 0 Å². The van der Waals surface area contributed by atoms with E-state index in [4.69, 9.17) is 4.74 Å². The molecule has 0 bridgehead atoms. The molecular formula is C16H23N5OS. The second-order valence-corrected chi connectivity index (χ2v) is 6.86. The second kappa shape index (κ2) is 7.23. The molecule has 0 radical (unpaired) electrons. The SMILES string of the molecule is COc1cc(N(C)C2CCCN(Cc3scnc3C)C2)ncn1. The summed E-state index contributed by atoms with van der Waals surface area (Å²) >= 11 is 1.75. The maximum Gasteiger partial charge on any atom is 0.218 e. The van der Waals surface area contributed by atoms with E-state index in [0.717, 1.165) is 31.1 Å². The van der Waals surface area contributed by atoms with Crippen LogP contribution in [0, 0.1) is 6.92 Å². The molecular weight excluding hydrogens is 310 g/mol. The third kappa shape index (κ3) is 3.79. The molecule has 0 saturated carbocycles. The molecule has 1 fully saturated rings. The first kappa shape index (κ1) is 16.1. The fourth-order valence-electron chi connectivity index (χ4n) is 2.99. The van der Waals surface area contributed by atoms with Crippen molar-refractivity contribution in [2.24, 2.45) is 0 Å². The van der Waals surface area contributed by atoms with Gasteiger partial charge in [-0.3, -0.25) is 4.90 Å². The van der Waals surface area contributed by atoms with E-state index in [0.29, 0.717) is 11.9 Å². The number of anilines is 1. The Hall–Kier alpha value is -1.73. The van der Waals surface area contributed by atoms with Gasteiger partial charge in [0.15, 0.2) is 0 Å². The minimum atomic E-state index is 0.455. The first-order valence-electron chi connectivity index (χ1n) is 7.87. The number of methoxy groups -OCH3 is 1. The van der Waals surface area contributed by atoms with Crippen LogP contribution < -0.4 is 9.64 Å². The largest absolute Gasteiger partial charge is 0.481 e. The van der Waals surface area contributed by atoms with E-state index >= 15 is 0 Å². The summed E-state index contributed by atoms with van der Waals surface area (Å²) in [4.78, 5) is 19.0. The van der Waals surface area contributed by atoms with Crippen LogP contribution in [-0.4, -0.2) is 53.1 Å². The average Bonchev–Trinajstić information content (AvgIpc) is 2.99. The highest BCUT2D eigenvalue weighted by molar-refractivity contribution is 7.09. The Balaban J connectivity index is 1.66. The zero-order chi connectivity index (χ0) is 16.2. The van der Waals surface area contributed by atoms with E-state index in [-0.39, 0.29) is 0 Å². The van der Waals surface area contributed by atoms with Gasteiger partial charge in [-0.2, -0.15) is 0 Å². The van der Waals surface area contributed by atoms with Gasteiger partial charge in [-0.15, -0.1) is 11.3 Å². The molecule has 6 nitrogen and oxygen atoms in total. The van der Waals surface area contributed by atoms with Crippen LogP contribution >= 0.6 is 11.3 Å². The summed E-state index contributed by atoms with van der Waals surface area (Å²) in [5.74, 6) is 1.52. The van der Waals surface area contributed by atoms with Crippen LogP contribution in [0.1, 0.15) is 23.4 Å². The molecule has 124 valence electrons. The first-order valence-corrected chi connectivity index (χ1v) is 8.75. The highest BCUT2D eigenvalue weighted by Gasteiger charge is 2.25. The van der Waals surface area contributed by atoms with Gasteiger partial charge in [0.1, 0.15) is 12.1 Å². The van der Waals surface area contributed by atoms with Crippen LogP contribution in [0.3, 0.4) is 0 Å². The van der Waals surface area contributed by atoms with Crippen molar-refractivity contribution in [3.63, 3.8) is 0 Å². The number of aryl methyl sites for hydroxylation is 1. The number of thiazole rings is 1. The zero-order valence-electron chi connectivity index (χ0n) is 13.9. The van der Waals surface area contributed by atoms with E-state index in [1.165, 1.54) is 17.7 Å². The predicted octanol–water partition coefficient (Wildman–Crippen LogP) is 2.35. The van der Waals surface area contributed by atoms with Crippen molar-refractivity contribution in [1.29, 1.82) is 0 Å². The minimum absolute atomic E-state index is 0.455. The topological polar surface area (TPSA) is 54.4 Å². The van der Waals surface area contributed by atoms with E-state index in [1.54, 1.807) is 24.8 Å². The van der Waals surface area contributed by atoms with Gasteiger partial charge >= 0.3 is 0 Å². The number of aromatic nitrogens is 3. The van der Waals surface area contributed by atoms with Crippen LogP contribution in [0.25, 0.3) is 0 Å². The lowest BCUT2D eigenvalue weighted by atomic mass is 10.0.